The Morgan fingerprint density at radius 3 is 2.45 bits per heavy atom. The van der Waals surface area contributed by atoms with Crippen molar-refractivity contribution in [1.82, 2.24) is 0 Å². The van der Waals surface area contributed by atoms with E-state index in [-0.39, 0.29) is 29.4 Å². The van der Waals surface area contributed by atoms with Crippen LogP contribution in [0, 0.1) is 10.1 Å². The number of ether oxygens (including phenoxy) is 1. The molecule has 0 amide bonds. The quantitative estimate of drug-likeness (QED) is 0.475. The van der Waals surface area contributed by atoms with Crippen molar-refractivity contribution >= 4 is 11.5 Å². The van der Waals surface area contributed by atoms with Gasteiger partial charge in [0.2, 0.25) is 5.75 Å². The zero-order valence-corrected chi connectivity index (χ0v) is 10.9. The van der Waals surface area contributed by atoms with Crippen molar-refractivity contribution in [3.63, 3.8) is 0 Å². The van der Waals surface area contributed by atoms with E-state index in [9.17, 15) is 14.9 Å². The highest BCUT2D eigenvalue weighted by Crippen LogP contribution is 2.31. The van der Waals surface area contributed by atoms with Gasteiger partial charge in [0.15, 0.2) is 5.78 Å². The fraction of sp³-hybridized carbons (Fsp3) is 0.133. The summed E-state index contributed by atoms with van der Waals surface area (Å²) in [6.45, 7) is 1.53. The summed E-state index contributed by atoms with van der Waals surface area (Å²) in [5.41, 5.74) is 0.893. The summed E-state index contributed by atoms with van der Waals surface area (Å²) >= 11 is 0. The van der Waals surface area contributed by atoms with Crippen LogP contribution in [0.15, 0.2) is 48.5 Å². The van der Waals surface area contributed by atoms with Crippen molar-refractivity contribution in [3.8, 4) is 5.75 Å². The van der Waals surface area contributed by atoms with Gasteiger partial charge in [-0.2, -0.15) is 0 Å². The lowest BCUT2D eigenvalue weighted by Crippen LogP contribution is -2.04. The third kappa shape index (κ3) is 3.00. The van der Waals surface area contributed by atoms with Crippen molar-refractivity contribution in [1.29, 1.82) is 0 Å². The lowest BCUT2D eigenvalue weighted by atomic mass is 10.1. The average molecular weight is 271 g/mol. The molecule has 0 saturated carbocycles. The van der Waals surface area contributed by atoms with Crippen LogP contribution < -0.4 is 4.74 Å². The molecule has 0 fully saturated rings. The lowest BCUT2D eigenvalue weighted by Gasteiger charge is -2.10. The minimum absolute atomic E-state index is 0.0221. The van der Waals surface area contributed by atoms with Gasteiger partial charge >= 0.3 is 5.69 Å². The number of benzene rings is 2. The number of para-hydroxylation sites is 1. The minimum Gasteiger partial charge on any atom is -0.481 e. The van der Waals surface area contributed by atoms with Crippen molar-refractivity contribution in [2.75, 3.05) is 0 Å². The molecule has 0 aromatic heterocycles. The van der Waals surface area contributed by atoms with Crippen molar-refractivity contribution in [2.24, 2.45) is 0 Å². The maximum atomic E-state index is 11.5. The molecule has 102 valence electrons. The monoisotopic (exact) mass is 271 g/mol. The molecule has 0 bridgehead atoms. The largest absolute Gasteiger partial charge is 0.481 e. The highest BCUT2D eigenvalue weighted by molar-refractivity contribution is 5.98. The van der Waals surface area contributed by atoms with Crippen molar-refractivity contribution in [2.45, 2.75) is 13.5 Å². The summed E-state index contributed by atoms with van der Waals surface area (Å²) in [6, 6.07) is 13.6. The molecule has 0 radical (unpaired) electrons. The normalized spacial score (nSPS) is 10.1. The molecule has 0 N–H and O–H groups in total. The van der Waals surface area contributed by atoms with Gasteiger partial charge in [-0.3, -0.25) is 14.9 Å². The molecule has 5 nitrogen and oxygen atoms in total. The highest BCUT2D eigenvalue weighted by Gasteiger charge is 2.21. The third-order valence-electron chi connectivity index (χ3n) is 2.80. The Bertz CT molecular complexity index is 605. The van der Waals surface area contributed by atoms with Crippen LogP contribution in [0.3, 0.4) is 0 Å². The molecular formula is C15H13NO4. The Hall–Kier alpha value is -2.69. The molecule has 2 rings (SSSR count). The Morgan fingerprint density at radius 1 is 1.15 bits per heavy atom. The molecule has 2 aromatic carbocycles. The highest BCUT2D eigenvalue weighted by atomic mass is 16.6. The van der Waals surface area contributed by atoms with E-state index in [1.54, 1.807) is 0 Å². The second kappa shape index (κ2) is 5.97. The van der Waals surface area contributed by atoms with Gasteiger partial charge in [-0.25, -0.2) is 0 Å². The number of Topliss-reactive ketones (excluding diaryl/α,β-unsaturated/α-hetero) is 1. The molecule has 0 unspecified atom stereocenters. The summed E-state index contributed by atoms with van der Waals surface area (Å²) in [4.78, 5) is 22.0. The maximum Gasteiger partial charge on any atom is 0.311 e. The molecule has 0 aliphatic rings. The van der Waals surface area contributed by atoms with E-state index < -0.39 is 4.92 Å². The molecule has 2 aromatic rings. The lowest BCUT2D eigenvalue weighted by molar-refractivity contribution is -0.386. The summed E-state index contributed by atoms with van der Waals surface area (Å²) < 4.78 is 5.51. The average Bonchev–Trinajstić information content (AvgIpc) is 2.45. The van der Waals surface area contributed by atoms with E-state index in [2.05, 4.69) is 0 Å². The molecule has 0 aliphatic heterocycles. The topological polar surface area (TPSA) is 69.4 Å². The number of hydrogen-bond acceptors (Lipinski definition) is 4. The molecule has 0 spiro atoms. The summed E-state index contributed by atoms with van der Waals surface area (Å²) in [6.07, 6.45) is 0. The number of carbonyl (C=O) groups excluding carboxylic acids is 1. The van der Waals surface area contributed by atoms with Crippen LogP contribution in [0.2, 0.25) is 0 Å². The van der Waals surface area contributed by atoms with Crippen LogP contribution >= 0.6 is 0 Å². The molecule has 0 aliphatic carbocycles. The zero-order valence-electron chi connectivity index (χ0n) is 10.9. The van der Waals surface area contributed by atoms with E-state index >= 15 is 0 Å². The number of nitro benzene ring substituents is 1. The Kier molecular flexibility index (Phi) is 4.10. The Morgan fingerprint density at radius 2 is 1.85 bits per heavy atom. The first-order chi connectivity index (χ1) is 9.59. The summed E-state index contributed by atoms with van der Waals surface area (Å²) in [5.74, 6) is -0.245. The second-order valence-corrected chi connectivity index (χ2v) is 4.24. The number of nitrogens with zero attached hydrogens (tertiary/aromatic N) is 1. The van der Waals surface area contributed by atoms with Crippen molar-refractivity contribution < 1.29 is 14.5 Å². The number of rotatable bonds is 5. The van der Waals surface area contributed by atoms with Crippen LogP contribution in [-0.4, -0.2) is 10.7 Å². The number of ketones is 1. The van der Waals surface area contributed by atoms with Gasteiger partial charge in [0, 0.05) is 6.07 Å². The van der Waals surface area contributed by atoms with E-state index in [0.29, 0.717) is 0 Å². The van der Waals surface area contributed by atoms with Gasteiger partial charge in [-0.1, -0.05) is 36.4 Å². The molecule has 20 heavy (non-hydrogen) atoms. The van der Waals surface area contributed by atoms with Crippen LogP contribution in [0.25, 0.3) is 0 Å². The Balaban J connectivity index is 2.33. The van der Waals surface area contributed by atoms with Gasteiger partial charge in [-0.05, 0) is 18.6 Å². The number of nitro groups is 1. The van der Waals surface area contributed by atoms with E-state index in [0.717, 1.165) is 5.56 Å². The van der Waals surface area contributed by atoms with Crippen LogP contribution in [0.5, 0.6) is 5.75 Å². The van der Waals surface area contributed by atoms with Crippen molar-refractivity contribution in [3.05, 3.63) is 69.8 Å². The molecule has 5 heteroatoms. The van der Waals surface area contributed by atoms with Crippen LogP contribution in [0.1, 0.15) is 22.8 Å². The summed E-state index contributed by atoms with van der Waals surface area (Å²) in [5, 5.41) is 11.0. The van der Waals surface area contributed by atoms with Gasteiger partial charge in [-0.15, -0.1) is 0 Å². The molecule has 0 heterocycles. The van der Waals surface area contributed by atoms with E-state index in [1.807, 2.05) is 30.3 Å². The first kappa shape index (κ1) is 13.7. The molecule has 0 saturated heterocycles. The van der Waals surface area contributed by atoms with Gasteiger partial charge in [0.25, 0.3) is 0 Å². The standard InChI is InChI=1S/C15H13NO4/c1-11(17)13-8-5-9-14(16(18)19)15(13)20-10-12-6-3-2-4-7-12/h2-9H,10H2,1H3. The number of hydrogen-bond donors (Lipinski definition) is 0. The predicted octanol–water partition coefficient (Wildman–Crippen LogP) is 3.38. The third-order valence-corrected chi connectivity index (χ3v) is 2.80. The maximum absolute atomic E-state index is 11.5. The van der Waals surface area contributed by atoms with Crippen LogP contribution in [0.4, 0.5) is 5.69 Å². The zero-order chi connectivity index (χ0) is 14.5. The summed E-state index contributed by atoms with van der Waals surface area (Å²) in [7, 11) is 0. The van der Waals surface area contributed by atoms with Crippen LogP contribution in [-0.2, 0) is 6.61 Å². The molecular weight excluding hydrogens is 258 g/mol. The van der Waals surface area contributed by atoms with Gasteiger partial charge in [0.05, 0.1) is 10.5 Å². The SMILES string of the molecule is CC(=O)c1cccc([N+](=O)[O-])c1OCc1ccccc1. The van der Waals surface area contributed by atoms with Gasteiger partial charge < -0.3 is 4.74 Å². The first-order valence-electron chi connectivity index (χ1n) is 6.04. The Labute approximate surface area is 116 Å². The van der Waals surface area contributed by atoms with Gasteiger partial charge in [0.1, 0.15) is 6.61 Å². The second-order valence-electron chi connectivity index (χ2n) is 4.24. The first-order valence-corrected chi connectivity index (χ1v) is 6.04. The predicted molar refractivity (Wildman–Crippen MR) is 73.9 cm³/mol. The smallest absolute Gasteiger partial charge is 0.311 e. The molecule has 0 atom stereocenters. The fourth-order valence-electron chi connectivity index (χ4n) is 1.83. The van der Waals surface area contributed by atoms with E-state index in [1.165, 1.54) is 25.1 Å². The minimum atomic E-state index is -0.549. The fourth-order valence-corrected chi connectivity index (χ4v) is 1.83. The number of carbonyl (C=O) groups is 1. The van der Waals surface area contributed by atoms with E-state index in [4.69, 9.17) is 4.74 Å².